The van der Waals surface area contributed by atoms with E-state index in [-0.39, 0.29) is 0 Å². The number of allylic oxidation sites excluding steroid dienone is 1. The second-order valence-electron chi connectivity index (χ2n) is 2.97. The van der Waals surface area contributed by atoms with Gasteiger partial charge >= 0.3 is 0 Å². The first kappa shape index (κ1) is 10.6. The smallest absolute Gasteiger partial charge is 0.0913 e. The van der Waals surface area contributed by atoms with Gasteiger partial charge < -0.3 is 4.74 Å². The van der Waals surface area contributed by atoms with E-state index in [1.807, 2.05) is 18.2 Å². The minimum absolute atomic E-state index is 0.693. The summed E-state index contributed by atoms with van der Waals surface area (Å²) >= 11 is 0. The van der Waals surface area contributed by atoms with Crippen molar-refractivity contribution >= 4 is 5.57 Å². The fourth-order valence-corrected chi connectivity index (χ4v) is 1.36. The van der Waals surface area contributed by atoms with Crippen molar-refractivity contribution in [2.45, 2.75) is 13.3 Å². The van der Waals surface area contributed by atoms with Crippen LogP contribution in [-0.4, -0.2) is 6.61 Å². The van der Waals surface area contributed by atoms with Crippen LogP contribution >= 0.6 is 0 Å². The fourth-order valence-electron chi connectivity index (χ4n) is 1.36. The van der Waals surface area contributed by atoms with Crippen molar-refractivity contribution in [2.24, 2.45) is 0 Å². The Kier molecular flexibility index (Phi) is 4.56. The maximum atomic E-state index is 5.11. The summed E-state index contributed by atoms with van der Waals surface area (Å²) in [6, 6.07) is 10.4. The summed E-state index contributed by atoms with van der Waals surface area (Å²) < 4.78 is 5.11. The van der Waals surface area contributed by atoms with Gasteiger partial charge in [0.1, 0.15) is 0 Å². The maximum absolute atomic E-state index is 5.11. The molecule has 1 aromatic carbocycles. The lowest BCUT2D eigenvalue weighted by atomic mass is 10.0. The van der Waals surface area contributed by atoms with Crippen LogP contribution in [0.3, 0.4) is 0 Å². The van der Waals surface area contributed by atoms with Crippen LogP contribution in [-0.2, 0) is 4.74 Å². The predicted octanol–water partition coefficient (Wildman–Crippen LogP) is 3.64. The average Bonchev–Trinajstić information content (AvgIpc) is 2.26. The normalized spacial score (nSPS) is 11.1. The van der Waals surface area contributed by atoms with Crippen molar-refractivity contribution in [3.63, 3.8) is 0 Å². The van der Waals surface area contributed by atoms with Gasteiger partial charge in [0, 0.05) is 6.42 Å². The molecular formula is C13H16O. The molecule has 0 spiro atoms. The number of hydrogen-bond acceptors (Lipinski definition) is 1. The van der Waals surface area contributed by atoms with E-state index in [2.05, 4.69) is 31.7 Å². The molecule has 0 bridgehead atoms. The van der Waals surface area contributed by atoms with E-state index in [0.717, 1.165) is 6.42 Å². The molecule has 1 nitrogen and oxygen atoms in total. The Labute approximate surface area is 85.7 Å². The van der Waals surface area contributed by atoms with E-state index < -0.39 is 0 Å². The molecule has 0 aliphatic rings. The summed E-state index contributed by atoms with van der Waals surface area (Å²) in [5, 5.41) is 0. The highest BCUT2D eigenvalue weighted by Gasteiger charge is 1.98. The van der Waals surface area contributed by atoms with Gasteiger partial charge in [0.25, 0.3) is 0 Å². The van der Waals surface area contributed by atoms with Crippen molar-refractivity contribution in [3.05, 3.63) is 54.8 Å². The lowest BCUT2D eigenvalue weighted by molar-refractivity contribution is 0.259. The maximum Gasteiger partial charge on any atom is 0.0913 e. The number of rotatable bonds is 5. The second-order valence-corrected chi connectivity index (χ2v) is 2.97. The number of hydrogen-bond donors (Lipinski definition) is 0. The Bertz CT molecular complexity index is 298. The third kappa shape index (κ3) is 3.09. The Morgan fingerprint density at radius 1 is 1.36 bits per heavy atom. The molecule has 0 amide bonds. The Balaban J connectivity index is 2.60. The quantitative estimate of drug-likeness (QED) is 0.506. The van der Waals surface area contributed by atoms with Gasteiger partial charge in [-0.25, -0.2) is 0 Å². The van der Waals surface area contributed by atoms with E-state index in [9.17, 15) is 0 Å². The molecule has 0 radical (unpaired) electrons. The molecule has 0 saturated heterocycles. The fraction of sp³-hybridized carbons (Fsp3) is 0.231. The molecule has 0 aromatic heterocycles. The lowest BCUT2D eigenvalue weighted by Gasteiger charge is -2.06. The Hall–Kier alpha value is -1.50. The minimum Gasteiger partial charge on any atom is -0.501 e. The van der Waals surface area contributed by atoms with Crippen LogP contribution in [0, 0.1) is 0 Å². The summed E-state index contributed by atoms with van der Waals surface area (Å²) in [7, 11) is 0. The topological polar surface area (TPSA) is 9.23 Å². The molecule has 1 rings (SSSR count). The first-order valence-corrected chi connectivity index (χ1v) is 4.81. The average molecular weight is 188 g/mol. The summed E-state index contributed by atoms with van der Waals surface area (Å²) in [6.07, 6.45) is 4.53. The minimum atomic E-state index is 0.693. The van der Waals surface area contributed by atoms with Crippen LogP contribution in [0.2, 0.25) is 0 Å². The molecule has 14 heavy (non-hydrogen) atoms. The van der Waals surface area contributed by atoms with Crippen molar-refractivity contribution in [2.75, 3.05) is 6.61 Å². The predicted molar refractivity (Wildman–Crippen MR) is 60.9 cm³/mol. The summed E-state index contributed by atoms with van der Waals surface area (Å²) in [5.74, 6) is 0. The van der Waals surface area contributed by atoms with Gasteiger partial charge in [-0.1, -0.05) is 43.0 Å². The molecule has 0 saturated carbocycles. The highest BCUT2D eigenvalue weighted by molar-refractivity contribution is 5.65. The Morgan fingerprint density at radius 2 is 2.07 bits per heavy atom. The number of ether oxygens (including phenoxy) is 1. The van der Waals surface area contributed by atoms with Crippen LogP contribution in [0.25, 0.3) is 5.57 Å². The molecule has 74 valence electrons. The number of benzene rings is 1. The highest BCUT2D eigenvalue weighted by atomic mass is 16.5. The van der Waals surface area contributed by atoms with E-state index in [0.29, 0.717) is 6.61 Å². The molecule has 0 N–H and O–H groups in total. The molecule has 1 aromatic rings. The third-order valence-electron chi connectivity index (χ3n) is 2.10. The molecule has 0 aliphatic heterocycles. The molecular weight excluding hydrogens is 172 g/mol. The monoisotopic (exact) mass is 188 g/mol. The van der Waals surface area contributed by atoms with Crippen LogP contribution in [0.15, 0.2) is 49.2 Å². The zero-order valence-corrected chi connectivity index (χ0v) is 8.57. The summed E-state index contributed by atoms with van der Waals surface area (Å²) in [5.41, 5.74) is 2.58. The zero-order valence-electron chi connectivity index (χ0n) is 8.57. The van der Waals surface area contributed by atoms with Crippen molar-refractivity contribution < 1.29 is 4.74 Å². The highest BCUT2D eigenvalue weighted by Crippen LogP contribution is 2.17. The van der Waals surface area contributed by atoms with Gasteiger partial charge in [-0.2, -0.15) is 0 Å². The van der Waals surface area contributed by atoms with E-state index in [1.54, 1.807) is 0 Å². The SMILES string of the molecule is C=COCC/C(=C\C)c1ccccc1. The molecule has 0 aliphatic carbocycles. The van der Waals surface area contributed by atoms with Gasteiger partial charge in [0.05, 0.1) is 12.9 Å². The third-order valence-corrected chi connectivity index (χ3v) is 2.10. The zero-order chi connectivity index (χ0) is 10.2. The van der Waals surface area contributed by atoms with Crippen LogP contribution in [0.5, 0.6) is 0 Å². The van der Waals surface area contributed by atoms with Crippen molar-refractivity contribution in [3.8, 4) is 0 Å². The molecule has 0 heterocycles. The summed E-state index contributed by atoms with van der Waals surface area (Å²) in [6.45, 7) is 6.26. The standard InChI is InChI=1S/C13H16O/c1-3-12(10-11-14-4-2)13-8-6-5-7-9-13/h3-9H,2,10-11H2,1H3/b12-3+. The van der Waals surface area contributed by atoms with Gasteiger partial charge in [-0.15, -0.1) is 0 Å². The van der Waals surface area contributed by atoms with E-state index in [1.165, 1.54) is 17.4 Å². The van der Waals surface area contributed by atoms with Crippen LogP contribution in [0.4, 0.5) is 0 Å². The van der Waals surface area contributed by atoms with Crippen LogP contribution in [0.1, 0.15) is 18.9 Å². The summed E-state index contributed by atoms with van der Waals surface area (Å²) in [4.78, 5) is 0. The lowest BCUT2D eigenvalue weighted by Crippen LogP contribution is -1.91. The molecule has 0 fully saturated rings. The largest absolute Gasteiger partial charge is 0.501 e. The molecule has 0 atom stereocenters. The van der Waals surface area contributed by atoms with Gasteiger partial charge in [-0.3, -0.25) is 0 Å². The van der Waals surface area contributed by atoms with Crippen molar-refractivity contribution in [1.82, 2.24) is 0 Å². The Morgan fingerprint density at radius 3 is 2.64 bits per heavy atom. The van der Waals surface area contributed by atoms with Gasteiger partial charge in [-0.05, 0) is 18.1 Å². The molecule has 1 heteroatoms. The van der Waals surface area contributed by atoms with Gasteiger partial charge in [0.15, 0.2) is 0 Å². The first-order valence-electron chi connectivity index (χ1n) is 4.81. The van der Waals surface area contributed by atoms with E-state index in [4.69, 9.17) is 4.74 Å². The van der Waals surface area contributed by atoms with E-state index >= 15 is 0 Å². The molecule has 0 unspecified atom stereocenters. The van der Waals surface area contributed by atoms with Gasteiger partial charge in [0.2, 0.25) is 0 Å². The first-order chi connectivity index (χ1) is 6.88. The van der Waals surface area contributed by atoms with Crippen LogP contribution < -0.4 is 0 Å². The van der Waals surface area contributed by atoms with Crippen molar-refractivity contribution in [1.29, 1.82) is 0 Å². The second kappa shape index (κ2) is 6.03.